The molecule has 138 valence electrons. The number of carbonyl (C=O) groups is 2. The van der Waals surface area contributed by atoms with Gasteiger partial charge in [0.2, 0.25) is 0 Å². The first kappa shape index (κ1) is 19.4. The highest BCUT2D eigenvalue weighted by Gasteiger charge is 2.21. The molecule has 0 atom stereocenters. The third-order valence-electron chi connectivity index (χ3n) is 3.83. The van der Waals surface area contributed by atoms with Gasteiger partial charge in [0.15, 0.2) is 0 Å². The molecule has 1 aliphatic rings. The van der Waals surface area contributed by atoms with Gasteiger partial charge in [-0.25, -0.2) is 4.79 Å². The van der Waals surface area contributed by atoms with Crippen LogP contribution in [0, 0.1) is 11.3 Å². The lowest BCUT2D eigenvalue weighted by atomic mass is 10.2. The minimum Gasteiger partial charge on any atom is -0.495 e. The van der Waals surface area contributed by atoms with E-state index in [-0.39, 0.29) is 11.7 Å². The fraction of sp³-hybridized carbons (Fsp3) is 0.353. The molecule has 2 amide bonds. The maximum Gasteiger partial charge on any atom is 0.409 e. The van der Waals surface area contributed by atoms with Crippen LogP contribution in [0.15, 0.2) is 30.0 Å². The first-order valence-electron chi connectivity index (χ1n) is 7.82. The van der Waals surface area contributed by atoms with Crippen molar-refractivity contribution in [1.82, 2.24) is 9.80 Å². The molecule has 9 heteroatoms. The predicted octanol–water partition coefficient (Wildman–Crippen LogP) is 2.08. The van der Waals surface area contributed by atoms with Crippen molar-refractivity contribution >= 4 is 29.3 Å². The van der Waals surface area contributed by atoms with Gasteiger partial charge in [-0.15, -0.1) is 0 Å². The molecule has 0 spiro atoms. The van der Waals surface area contributed by atoms with Crippen LogP contribution < -0.4 is 10.1 Å². The Balaban J connectivity index is 2.00. The van der Waals surface area contributed by atoms with Gasteiger partial charge in [-0.05, 0) is 18.2 Å². The summed E-state index contributed by atoms with van der Waals surface area (Å²) in [5.41, 5.74) is 0.418. The molecule has 0 saturated carbocycles. The average molecular weight is 379 g/mol. The quantitative estimate of drug-likeness (QED) is 0.636. The third-order valence-corrected chi connectivity index (χ3v) is 4.13. The van der Waals surface area contributed by atoms with Gasteiger partial charge in [-0.2, -0.15) is 5.26 Å². The van der Waals surface area contributed by atoms with Gasteiger partial charge in [-0.3, -0.25) is 4.79 Å². The Labute approximate surface area is 156 Å². The number of nitrogens with zero attached hydrogens (tertiary/aromatic N) is 3. The van der Waals surface area contributed by atoms with Crippen molar-refractivity contribution in [3.05, 3.63) is 35.0 Å². The molecular formula is C17H19ClN4O4. The van der Waals surface area contributed by atoms with E-state index in [0.717, 1.165) is 0 Å². The summed E-state index contributed by atoms with van der Waals surface area (Å²) in [4.78, 5) is 27.2. The molecule has 0 radical (unpaired) electrons. The fourth-order valence-electron chi connectivity index (χ4n) is 2.43. The number of hydrogen-bond donors (Lipinski definition) is 1. The summed E-state index contributed by atoms with van der Waals surface area (Å²) in [5, 5.41) is 12.3. The maximum atomic E-state index is 12.3. The number of amides is 2. The Morgan fingerprint density at radius 3 is 2.50 bits per heavy atom. The van der Waals surface area contributed by atoms with E-state index in [1.165, 1.54) is 20.4 Å². The van der Waals surface area contributed by atoms with Crippen LogP contribution in [0.25, 0.3) is 0 Å². The summed E-state index contributed by atoms with van der Waals surface area (Å²) < 4.78 is 9.73. The van der Waals surface area contributed by atoms with Crippen LogP contribution in [0.5, 0.6) is 5.75 Å². The SMILES string of the molecule is COC(=O)N1CCN(/C=C(/C#N)C(=O)Nc2ccc(OC)c(Cl)c2)CC1. The number of anilines is 1. The van der Waals surface area contributed by atoms with Crippen LogP contribution >= 0.6 is 11.6 Å². The van der Waals surface area contributed by atoms with Gasteiger partial charge < -0.3 is 24.6 Å². The number of carbonyl (C=O) groups excluding carboxylic acids is 2. The van der Waals surface area contributed by atoms with Gasteiger partial charge in [0.1, 0.15) is 17.4 Å². The molecule has 1 saturated heterocycles. The molecule has 1 aromatic carbocycles. The number of rotatable bonds is 4. The molecule has 0 aromatic heterocycles. The number of halogens is 1. The zero-order chi connectivity index (χ0) is 19.1. The average Bonchev–Trinajstić information content (AvgIpc) is 2.66. The van der Waals surface area contributed by atoms with E-state index in [1.54, 1.807) is 23.1 Å². The highest BCUT2D eigenvalue weighted by atomic mass is 35.5. The first-order chi connectivity index (χ1) is 12.5. The van der Waals surface area contributed by atoms with E-state index in [1.807, 2.05) is 11.0 Å². The van der Waals surface area contributed by atoms with Crippen molar-refractivity contribution in [2.45, 2.75) is 0 Å². The Morgan fingerprint density at radius 2 is 1.96 bits per heavy atom. The zero-order valence-electron chi connectivity index (χ0n) is 14.5. The molecule has 1 N–H and O–H groups in total. The van der Waals surface area contributed by atoms with E-state index < -0.39 is 5.91 Å². The predicted molar refractivity (Wildman–Crippen MR) is 95.9 cm³/mol. The Bertz CT molecular complexity index is 752. The minimum atomic E-state index is -0.538. The van der Waals surface area contributed by atoms with E-state index in [0.29, 0.717) is 42.6 Å². The van der Waals surface area contributed by atoms with E-state index in [4.69, 9.17) is 16.3 Å². The minimum absolute atomic E-state index is 0.0385. The van der Waals surface area contributed by atoms with Crippen molar-refractivity contribution in [3.63, 3.8) is 0 Å². The number of ether oxygens (including phenoxy) is 2. The molecule has 0 aliphatic carbocycles. The molecular weight excluding hydrogens is 360 g/mol. The number of nitrogens with one attached hydrogen (secondary N) is 1. The number of nitriles is 1. The molecule has 8 nitrogen and oxygen atoms in total. The van der Waals surface area contributed by atoms with Gasteiger partial charge in [0.25, 0.3) is 5.91 Å². The number of methoxy groups -OCH3 is 2. The smallest absolute Gasteiger partial charge is 0.409 e. The summed E-state index contributed by atoms with van der Waals surface area (Å²) >= 11 is 6.03. The van der Waals surface area contributed by atoms with Gasteiger partial charge in [-0.1, -0.05) is 11.6 Å². The highest BCUT2D eigenvalue weighted by Crippen LogP contribution is 2.27. The van der Waals surface area contributed by atoms with Crippen LogP contribution in [0.4, 0.5) is 10.5 Å². The second-order valence-corrected chi connectivity index (χ2v) is 5.86. The van der Waals surface area contributed by atoms with Gasteiger partial charge in [0.05, 0.1) is 19.2 Å². The standard InChI is InChI=1S/C17H19ClN4O4/c1-25-15-4-3-13(9-14(15)18)20-16(23)12(10-19)11-21-5-7-22(8-6-21)17(24)26-2/h3-4,9,11H,5-8H2,1-2H3,(H,20,23)/b12-11-. The Kier molecular flexibility index (Phi) is 6.69. The summed E-state index contributed by atoms with van der Waals surface area (Å²) in [7, 11) is 2.83. The van der Waals surface area contributed by atoms with Crippen LogP contribution in [0.2, 0.25) is 5.02 Å². The molecule has 1 heterocycles. The lowest BCUT2D eigenvalue weighted by Gasteiger charge is -2.33. The second-order valence-electron chi connectivity index (χ2n) is 5.45. The lowest BCUT2D eigenvalue weighted by molar-refractivity contribution is -0.112. The number of benzene rings is 1. The Morgan fingerprint density at radius 1 is 1.27 bits per heavy atom. The highest BCUT2D eigenvalue weighted by molar-refractivity contribution is 6.32. The summed E-state index contributed by atoms with van der Waals surface area (Å²) in [6.45, 7) is 1.92. The van der Waals surface area contributed by atoms with Crippen molar-refractivity contribution in [3.8, 4) is 11.8 Å². The van der Waals surface area contributed by atoms with Gasteiger partial charge in [0, 0.05) is 38.1 Å². The first-order valence-corrected chi connectivity index (χ1v) is 8.20. The monoisotopic (exact) mass is 378 g/mol. The molecule has 26 heavy (non-hydrogen) atoms. The third kappa shape index (κ3) is 4.80. The van der Waals surface area contributed by atoms with Crippen LogP contribution in [0.3, 0.4) is 0 Å². The maximum absolute atomic E-state index is 12.3. The van der Waals surface area contributed by atoms with Crippen molar-refractivity contribution < 1.29 is 19.1 Å². The number of hydrogen-bond acceptors (Lipinski definition) is 6. The topological polar surface area (TPSA) is 94.9 Å². The van der Waals surface area contributed by atoms with Crippen LogP contribution in [0.1, 0.15) is 0 Å². The second kappa shape index (κ2) is 8.97. The van der Waals surface area contributed by atoms with Crippen LogP contribution in [-0.2, 0) is 9.53 Å². The molecule has 1 aliphatic heterocycles. The van der Waals surface area contributed by atoms with Crippen molar-refractivity contribution in [2.75, 3.05) is 45.7 Å². The lowest BCUT2D eigenvalue weighted by Crippen LogP contribution is -2.47. The Hall–Kier alpha value is -2.92. The van der Waals surface area contributed by atoms with Crippen molar-refractivity contribution in [1.29, 1.82) is 5.26 Å². The zero-order valence-corrected chi connectivity index (χ0v) is 15.2. The number of piperazine rings is 1. The summed E-state index contributed by atoms with van der Waals surface area (Å²) in [6, 6.07) is 6.70. The normalized spacial score (nSPS) is 14.5. The molecule has 0 bridgehead atoms. The fourth-order valence-corrected chi connectivity index (χ4v) is 2.68. The molecule has 1 fully saturated rings. The largest absolute Gasteiger partial charge is 0.495 e. The summed E-state index contributed by atoms with van der Waals surface area (Å²) in [6.07, 6.45) is 1.11. The van der Waals surface area contributed by atoms with Crippen molar-refractivity contribution in [2.24, 2.45) is 0 Å². The summed E-state index contributed by atoms with van der Waals surface area (Å²) in [5.74, 6) is -0.0478. The van der Waals surface area contributed by atoms with E-state index >= 15 is 0 Å². The van der Waals surface area contributed by atoms with Gasteiger partial charge >= 0.3 is 6.09 Å². The van der Waals surface area contributed by atoms with Crippen LogP contribution in [-0.4, -0.2) is 62.2 Å². The molecule has 2 rings (SSSR count). The molecule has 0 unspecified atom stereocenters. The van der Waals surface area contributed by atoms with E-state index in [2.05, 4.69) is 10.1 Å². The van der Waals surface area contributed by atoms with E-state index in [9.17, 15) is 14.9 Å². The molecule has 1 aromatic rings.